The molecule has 0 saturated carbocycles. The average molecular weight is 363 g/mol. The second kappa shape index (κ2) is 5.96. The fraction of sp³-hybridized carbons (Fsp3) is 0.136. The Hall–Kier alpha value is -2.64. The molecule has 1 aliphatic heterocycles. The minimum absolute atomic E-state index is 0.201. The van der Waals surface area contributed by atoms with Crippen LogP contribution in [0.1, 0.15) is 32.6 Å². The summed E-state index contributed by atoms with van der Waals surface area (Å²) >= 11 is 0. The Morgan fingerprint density at radius 2 is 1.62 bits per heavy atom. The maximum atomic E-state index is 14.6. The van der Waals surface area contributed by atoms with E-state index in [0.717, 1.165) is 16.7 Å². The van der Waals surface area contributed by atoms with Gasteiger partial charge in [-0.15, -0.1) is 0 Å². The molecule has 1 aliphatic rings. The molecular formula is C22H17FO2P+. The first-order valence-corrected chi connectivity index (χ1v) is 9.68. The van der Waals surface area contributed by atoms with Crippen molar-refractivity contribution in [2.75, 3.05) is 0 Å². The minimum Gasteiger partial charge on any atom is -0.288 e. The molecular weight excluding hydrogens is 346 g/mol. The SMILES string of the molecule is Cc1cc(C)c(C(=O)c2ccc(F)c3c2[P+](=O)c2ccccc2-3)c(C)c1. The second-order valence-electron chi connectivity index (χ2n) is 6.73. The lowest BCUT2D eigenvalue weighted by atomic mass is 9.91. The molecule has 1 heterocycles. The van der Waals surface area contributed by atoms with Crippen molar-refractivity contribution in [1.82, 2.24) is 0 Å². The molecule has 0 aromatic heterocycles. The highest BCUT2D eigenvalue weighted by atomic mass is 31.1. The predicted molar refractivity (Wildman–Crippen MR) is 103 cm³/mol. The highest BCUT2D eigenvalue weighted by molar-refractivity contribution is 7.63. The van der Waals surface area contributed by atoms with Crippen LogP contribution >= 0.6 is 7.80 Å². The van der Waals surface area contributed by atoms with Crippen LogP contribution in [-0.2, 0) is 4.57 Å². The summed E-state index contributed by atoms with van der Waals surface area (Å²) < 4.78 is 27.6. The number of ketones is 1. The smallest absolute Gasteiger partial charge is 0.288 e. The number of hydrogen-bond donors (Lipinski definition) is 0. The molecule has 4 heteroatoms. The third-order valence-electron chi connectivity index (χ3n) is 4.87. The van der Waals surface area contributed by atoms with Crippen LogP contribution in [0.3, 0.4) is 0 Å². The van der Waals surface area contributed by atoms with Gasteiger partial charge in [0.25, 0.3) is 0 Å². The molecule has 0 spiro atoms. The van der Waals surface area contributed by atoms with Crippen molar-refractivity contribution in [3.05, 3.63) is 82.2 Å². The van der Waals surface area contributed by atoms with E-state index < -0.39 is 13.6 Å². The number of carbonyl (C=O) groups is 1. The van der Waals surface area contributed by atoms with Gasteiger partial charge < -0.3 is 0 Å². The summed E-state index contributed by atoms with van der Waals surface area (Å²) in [7, 11) is -1.99. The van der Waals surface area contributed by atoms with E-state index in [4.69, 9.17) is 0 Å². The van der Waals surface area contributed by atoms with E-state index in [1.54, 1.807) is 24.3 Å². The van der Waals surface area contributed by atoms with Crippen LogP contribution in [0.4, 0.5) is 4.39 Å². The van der Waals surface area contributed by atoms with Crippen LogP contribution in [-0.4, -0.2) is 5.78 Å². The molecule has 0 aliphatic carbocycles. The Morgan fingerprint density at radius 1 is 0.962 bits per heavy atom. The van der Waals surface area contributed by atoms with Crippen LogP contribution in [0.25, 0.3) is 11.1 Å². The van der Waals surface area contributed by atoms with Gasteiger partial charge in [-0.3, -0.25) is 4.79 Å². The number of rotatable bonds is 2. The fourth-order valence-electron chi connectivity index (χ4n) is 3.87. The quantitative estimate of drug-likeness (QED) is 0.381. The summed E-state index contributed by atoms with van der Waals surface area (Å²) in [5, 5.41) is 0.916. The number of fused-ring (bicyclic) bond motifs is 3. The van der Waals surface area contributed by atoms with Gasteiger partial charge in [0.2, 0.25) is 10.6 Å². The van der Waals surface area contributed by atoms with Crippen molar-refractivity contribution in [3.8, 4) is 11.1 Å². The van der Waals surface area contributed by atoms with Crippen molar-refractivity contribution in [2.45, 2.75) is 20.8 Å². The van der Waals surface area contributed by atoms with Crippen LogP contribution in [0.15, 0.2) is 48.5 Å². The summed E-state index contributed by atoms with van der Waals surface area (Å²) in [5.74, 6) is -0.644. The molecule has 26 heavy (non-hydrogen) atoms. The fourth-order valence-corrected chi connectivity index (χ4v) is 5.57. The number of benzene rings is 3. The molecule has 0 fully saturated rings. The summed E-state index contributed by atoms with van der Waals surface area (Å²) in [6.45, 7) is 5.77. The number of aryl methyl sites for hydroxylation is 3. The molecule has 4 rings (SSSR count). The zero-order valence-electron chi connectivity index (χ0n) is 14.8. The van der Waals surface area contributed by atoms with Gasteiger partial charge >= 0.3 is 7.80 Å². The van der Waals surface area contributed by atoms with Crippen molar-refractivity contribution in [3.63, 3.8) is 0 Å². The highest BCUT2D eigenvalue weighted by Gasteiger charge is 2.44. The molecule has 0 N–H and O–H groups in total. The standard InChI is InChI=1S/C22H17FO2P/c1-12-10-13(2)19(14(3)11-12)21(24)16-8-9-17(23)20-15-6-4-5-7-18(15)26(25)22(16)20/h4-11H,1-3H3/q+1. The van der Waals surface area contributed by atoms with Gasteiger partial charge in [0, 0.05) is 11.1 Å². The van der Waals surface area contributed by atoms with E-state index in [0.29, 0.717) is 32.9 Å². The minimum atomic E-state index is -1.99. The Labute approximate surface area is 152 Å². The number of hydrogen-bond acceptors (Lipinski definition) is 2. The van der Waals surface area contributed by atoms with Gasteiger partial charge in [0.15, 0.2) is 5.78 Å². The number of halogens is 1. The molecule has 2 nitrogen and oxygen atoms in total. The third-order valence-corrected chi connectivity index (χ3v) is 6.57. The maximum absolute atomic E-state index is 14.6. The molecule has 0 bridgehead atoms. The van der Waals surface area contributed by atoms with E-state index in [-0.39, 0.29) is 5.78 Å². The molecule has 1 atom stereocenters. The van der Waals surface area contributed by atoms with Gasteiger partial charge in [-0.05, 0) is 56.2 Å². The molecule has 0 saturated heterocycles. The van der Waals surface area contributed by atoms with Gasteiger partial charge in [-0.2, -0.15) is 0 Å². The van der Waals surface area contributed by atoms with E-state index in [1.165, 1.54) is 12.1 Å². The van der Waals surface area contributed by atoms with Crippen LogP contribution in [0.5, 0.6) is 0 Å². The largest absolute Gasteiger partial charge is 0.417 e. The topological polar surface area (TPSA) is 34.1 Å². The number of carbonyl (C=O) groups excluding carboxylic acids is 1. The average Bonchev–Trinajstić information content (AvgIpc) is 2.89. The predicted octanol–water partition coefficient (Wildman–Crippen LogP) is 4.74. The van der Waals surface area contributed by atoms with Gasteiger partial charge in [-0.1, -0.05) is 34.4 Å². The Morgan fingerprint density at radius 3 is 2.31 bits per heavy atom. The lowest BCUT2D eigenvalue weighted by Gasteiger charge is -2.11. The first kappa shape index (κ1) is 16.8. The highest BCUT2D eigenvalue weighted by Crippen LogP contribution is 2.40. The van der Waals surface area contributed by atoms with Crippen LogP contribution < -0.4 is 10.6 Å². The molecule has 0 amide bonds. The second-order valence-corrected chi connectivity index (χ2v) is 8.25. The normalized spacial score (nSPS) is 13.5. The molecule has 3 aromatic rings. The lowest BCUT2D eigenvalue weighted by Crippen LogP contribution is -2.17. The molecule has 0 radical (unpaired) electrons. The maximum Gasteiger partial charge on any atom is 0.417 e. The van der Waals surface area contributed by atoms with Crippen molar-refractivity contribution in [2.24, 2.45) is 0 Å². The van der Waals surface area contributed by atoms with Crippen molar-refractivity contribution >= 4 is 24.2 Å². The van der Waals surface area contributed by atoms with E-state index in [1.807, 2.05) is 32.9 Å². The Kier molecular flexibility index (Phi) is 3.86. The van der Waals surface area contributed by atoms with Crippen LogP contribution in [0.2, 0.25) is 0 Å². The first-order chi connectivity index (χ1) is 12.4. The summed E-state index contributed by atoms with van der Waals surface area (Å²) in [6, 6.07) is 13.8. The van der Waals surface area contributed by atoms with Crippen LogP contribution in [0, 0.1) is 26.6 Å². The lowest BCUT2D eigenvalue weighted by molar-refractivity contribution is 0.103. The van der Waals surface area contributed by atoms with E-state index in [2.05, 4.69) is 0 Å². The summed E-state index contributed by atoms with van der Waals surface area (Å²) in [5.41, 5.74) is 4.67. The molecule has 128 valence electrons. The van der Waals surface area contributed by atoms with Gasteiger partial charge in [0.05, 0.1) is 11.1 Å². The first-order valence-electron chi connectivity index (χ1n) is 8.42. The van der Waals surface area contributed by atoms with Crippen molar-refractivity contribution in [1.29, 1.82) is 0 Å². The Bertz CT molecular complexity index is 1090. The Balaban J connectivity index is 1.97. The molecule has 1 unspecified atom stereocenters. The van der Waals surface area contributed by atoms with Gasteiger partial charge in [0.1, 0.15) is 5.82 Å². The zero-order chi connectivity index (χ0) is 18.6. The van der Waals surface area contributed by atoms with Crippen molar-refractivity contribution < 1.29 is 13.8 Å². The zero-order valence-corrected chi connectivity index (χ0v) is 15.7. The summed E-state index contributed by atoms with van der Waals surface area (Å²) in [6.07, 6.45) is 0. The summed E-state index contributed by atoms with van der Waals surface area (Å²) in [4.78, 5) is 13.3. The third kappa shape index (κ3) is 2.35. The monoisotopic (exact) mass is 363 g/mol. The van der Waals surface area contributed by atoms with E-state index in [9.17, 15) is 13.8 Å². The molecule has 3 aromatic carbocycles. The van der Waals surface area contributed by atoms with E-state index >= 15 is 0 Å². The van der Waals surface area contributed by atoms with Gasteiger partial charge in [-0.25, -0.2) is 4.39 Å².